The van der Waals surface area contributed by atoms with Gasteiger partial charge >= 0.3 is 12.3 Å². The summed E-state index contributed by atoms with van der Waals surface area (Å²) in [5, 5.41) is 0. The van der Waals surface area contributed by atoms with Gasteiger partial charge in [0.25, 0.3) is 0 Å². The minimum atomic E-state index is -4.34. The van der Waals surface area contributed by atoms with Crippen LogP contribution >= 0.6 is 0 Å². The molecule has 172 valence electrons. The minimum Gasteiger partial charge on any atom is -0.410 e. The van der Waals surface area contributed by atoms with E-state index in [4.69, 9.17) is 4.74 Å². The molecule has 33 heavy (non-hydrogen) atoms. The fourth-order valence-electron chi connectivity index (χ4n) is 3.65. The van der Waals surface area contributed by atoms with Gasteiger partial charge < -0.3 is 14.5 Å². The zero-order valence-electron chi connectivity index (χ0n) is 18.2. The van der Waals surface area contributed by atoms with Crippen molar-refractivity contribution in [2.75, 3.05) is 31.1 Å². The lowest BCUT2D eigenvalue weighted by atomic mass is 10.0. The maximum atomic E-state index is 12.7. The Balaban J connectivity index is 1.28. The van der Waals surface area contributed by atoms with Gasteiger partial charge in [-0.05, 0) is 60.4 Å². The maximum Gasteiger partial charge on any atom is 0.416 e. The van der Waals surface area contributed by atoms with Crippen molar-refractivity contribution >= 4 is 11.9 Å². The van der Waals surface area contributed by atoms with Crippen molar-refractivity contribution < 1.29 is 22.7 Å². The number of benzene rings is 2. The summed E-state index contributed by atoms with van der Waals surface area (Å²) >= 11 is 0. The molecule has 1 saturated heterocycles. The van der Waals surface area contributed by atoms with Crippen molar-refractivity contribution in [3.8, 4) is 5.75 Å². The molecule has 2 heterocycles. The van der Waals surface area contributed by atoms with Crippen molar-refractivity contribution in [2.45, 2.75) is 19.5 Å². The monoisotopic (exact) mass is 455 g/mol. The second kappa shape index (κ2) is 9.52. The van der Waals surface area contributed by atoms with Crippen LogP contribution in [0.3, 0.4) is 0 Å². The van der Waals surface area contributed by atoms with Crippen molar-refractivity contribution in [1.29, 1.82) is 0 Å². The standard InChI is InChI=1S/C25H24F3N3O2/c1-18-2-11-23(29-17-18)30-12-14-31(15-13-30)24(32)33-22-9-5-20(6-10-22)16-19-3-7-21(8-4-19)25(26,27)28/h2-11,17H,12-16H2,1H3. The molecule has 0 unspecified atom stereocenters. The molecule has 3 aromatic rings. The van der Waals surface area contributed by atoms with E-state index < -0.39 is 17.8 Å². The molecular formula is C25H24F3N3O2. The summed E-state index contributed by atoms with van der Waals surface area (Å²) in [7, 11) is 0. The van der Waals surface area contributed by atoms with Crippen molar-refractivity contribution in [1.82, 2.24) is 9.88 Å². The highest BCUT2D eigenvalue weighted by molar-refractivity contribution is 5.71. The van der Waals surface area contributed by atoms with Gasteiger partial charge in [0.05, 0.1) is 5.56 Å². The minimum absolute atomic E-state index is 0.401. The average Bonchev–Trinajstić information content (AvgIpc) is 2.81. The largest absolute Gasteiger partial charge is 0.416 e. The zero-order chi connectivity index (χ0) is 23.4. The number of amides is 1. The van der Waals surface area contributed by atoms with Crippen molar-refractivity contribution in [3.63, 3.8) is 0 Å². The third-order valence-electron chi connectivity index (χ3n) is 5.58. The molecule has 0 spiro atoms. The number of aryl methyl sites for hydroxylation is 1. The molecule has 1 amide bonds. The molecule has 0 aliphatic carbocycles. The molecule has 0 radical (unpaired) electrons. The number of hydrogen-bond acceptors (Lipinski definition) is 4. The predicted molar refractivity (Wildman–Crippen MR) is 119 cm³/mol. The van der Waals surface area contributed by atoms with Gasteiger partial charge in [0.2, 0.25) is 0 Å². The van der Waals surface area contributed by atoms with Crippen LogP contribution in [0.4, 0.5) is 23.8 Å². The van der Waals surface area contributed by atoms with Crippen LogP contribution in [0.15, 0.2) is 66.9 Å². The SMILES string of the molecule is Cc1ccc(N2CCN(C(=O)Oc3ccc(Cc4ccc(C(F)(F)F)cc4)cc3)CC2)nc1. The maximum absolute atomic E-state index is 12.7. The van der Waals surface area contributed by atoms with E-state index in [-0.39, 0.29) is 0 Å². The fourth-order valence-corrected chi connectivity index (χ4v) is 3.65. The number of halogens is 3. The van der Waals surface area contributed by atoms with Gasteiger partial charge in [0.15, 0.2) is 0 Å². The van der Waals surface area contributed by atoms with Gasteiger partial charge in [-0.3, -0.25) is 0 Å². The normalized spacial score (nSPS) is 14.3. The Hall–Kier alpha value is -3.55. The van der Waals surface area contributed by atoms with E-state index in [1.807, 2.05) is 25.3 Å². The molecule has 1 aliphatic rings. The summed E-state index contributed by atoms with van der Waals surface area (Å²) in [6, 6.07) is 16.1. The first-order valence-electron chi connectivity index (χ1n) is 10.7. The van der Waals surface area contributed by atoms with Crippen LogP contribution in [0, 0.1) is 6.92 Å². The Kier molecular flexibility index (Phi) is 6.53. The summed E-state index contributed by atoms with van der Waals surface area (Å²) in [6.07, 6.45) is -2.42. The van der Waals surface area contributed by atoms with E-state index >= 15 is 0 Å². The lowest BCUT2D eigenvalue weighted by molar-refractivity contribution is -0.137. The first-order valence-corrected chi connectivity index (χ1v) is 10.7. The fraction of sp³-hybridized carbons (Fsp3) is 0.280. The first kappa shape index (κ1) is 22.6. The van der Waals surface area contributed by atoms with Crippen LogP contribution in [0.2, 0.25) is 0 Å². The number of ether oxygens (including phenoxy) is 1. The molecule has 0 atom stereocenters. The Bertz CT molecular complexity index is 1070. The summed E-state index contributed by atoms with van der Waals surface area (Å²) < 4.78 is 43.6. The van der Waals surface area contributed by atoms with Gasteiger partial charge in [0.1, 0.15) is 11.6 Å². The second-order valence-corrected chi connectivity index (χ2v) is 8.05. The molecule has 0 saturated carbocycles. The van der Waals surface area contributed by atoms with Gasteiger partial charge in [-0.2, -0.15) is 13.2 Å². The Morgan fingerprint density at radius 1 is 0.909 bits per heavy atom. The number of aromatic nitrogens is 1. The molecule has 4 rings (SSSR count). The van der Waals surface area contributed by atoms with E-state index in [0.29, 0.717) is 38.3 Å². The van der Waals surface area contributed by atoms with Gasteiger partial charge in [0, 0.05) is 32.4 Å². The van der Waals surface area contributed by atoms with Crippen LogP contribution in [-0.2, 0) is 12.6 Å². The summed E-state index contributed by atoms with van der Waals surface area (Å²) in [4.78, 5) is 20.8. The second-order valence-electron chi connectivity index (χ2n) is 8.05. The summed E-state index contributed by atoms with van der Waals surface area (Å²) in [5.74, 6) is 1.33. The van der Waals surface area contributed by atoms with Crippen LogP contribution in [0.25, 0.3) is 0 Å². The number of rotatable bonds is 4. The van der Waals surface area contributed by atoms with Crippen molar-refractivity contribution in [3.05, 3.63) is 89.1 Å². The molecule has 8 heteroatoms. The first-order chi connectivity index (χ1) is 15.8. The molecular weight excluding hydrogens is 431 g/mol. The summed E-state index contributed by atoms with van der Waals surface area (Å²) in [6.45, 7) is 4.43. The quantitative estimate of drug-likeness (QED) is 0.534. The van der Waals surface area contributed by atoms with Crippen LogP contribution < -0.4 is 9.64 Å². The average molecular weight is 455 g/mol. The van der Waals surface area contributed by atoms with Crippen LogP contribution in [0.5, 0.6) is 5.75 Å². The molecule has 0 N–H and O–H groups in total. The number of piperazine rings is 1. The van der Waals surface area contributed by atoms with E-state index in [9.17, 15) is 18.0 Å². The lowest BCUT2D eigenvalue weighted by Crippen LogP contribution is -2.49. The summed E-state index contributed by atoms with van der Waals surface area (Å²) in [5.41, 5.74) is 2.12. The van der Waals surface area contributed by atoms with Crippen LogP contribution in [-0.4, -0.2) is 42.2 Å². The number of alkyl halides is 3. The van der Waals surface area contributed by atoms with Gasteiger partial charge in [-0.1, -0.05) is 30.3 Å². The highest BCUT2D eigenvalue weighted by atomic mass is 19.4. The molecule has 1 aromatic heterocycles. The Morgan fingerprint density at radius 2 is 1.52 bits per heavy atom. The molecule has 1 aliphatic heterocycles. The van der Waals surface area contributed by atoms with Gasteiger partial charge in [-0.15, -0.1) is 0 Å². The Labute approximate surface area is 190 Å². The number of nitrogens with zero attached hydrogens (tertiary/aromatic N) is 3. The van der Waals surface area contributed by atoms with Crippen molar-refractivity contribution in [2.24, 2.45) is 0 Å². The van der Waals surface area contributed by atoms with Crippen LogP contribution in [0.1, 0.15) is 22.3 Å². The molecule has 2 aromatic carbocycles. The number of pyridine rings is 1. The highest BCUT2D eigenvalue weighted by Gasteiger charge is 2.30. The zero-order valence-corrected chi connectivity index (χ0v) is 18.2. The number of anilines is 1. The van der Waals surface area contributed by atoms with E-state index in [1.165, 1.54) is 12.1 Å². The topological polar surface area (TPSA) is 45.7 Å². The Morgan fingerprint density at radius 3 is 2.06 bits per heavy atom. The number of hydrogen-bond donors (Lipinski definition) is 0. The highest BCUT2D eigenvalue weighted by Crippen LogP contribution is 2.29. The predicted octanol–water partition coefficient (Wildman–Crippen LogP) is 5.32. The third kappa shape index (κ3) is 5.83. The van der Waals surface area contributed by atoms with Gasteiger partial charge in [-0.25, -0.2) is 9.78 Å². The number of carbonyl (C=O) groups is 1. The molecule has 5 nitrogen and oxygen atoms in total. The van der Waals surface area contributed by atoms with E-state index in [2.05, 4.69) is 9.88 Å². The smallest absolute Gasteiger partial charge is 0.410 e. The third-order valence-corrected chi connectivity index (χ3v) is 5.58. The lowest BCUT2D eigenvalue weighted by Gasteiger charge is -2.34. The van der Waals surface area contributed by atoms with E-state index in [0.717, 1.165) is 34.6 Å². The number of carbonyl (C=O) groups excluding carboxylic acids is 1. The molecule has 1 fully saturated rings. The van der Waals surface area contributed by atoms with E-state index in [1.54, 1.807) is 29.2 Å². The molecule has 0 bridgehead atoms.